The monoisotopic (exact) mass is 324 g/mol. The third kappa shape index (κ3) is 4.53. The summed E-state index contributed by atoms with van der Waals surface area (Å²) in [5, 5.41) is 3.26. The first-order valence-electron chi connectivity index (χ1n) is 7.85. The van der Waals surface area contributed by atoms with E-state index in [2.05, 4.69) is 12.2 Å². The van der Waals surface area contributed by atoms with Gasteiger partial charge in [0.25, 0.3) is 5.91 Å². The zero-order chi connectivity index (χ0) is 15.9. The highest BCUT2D eigenvalue weighted by atomic mass is 32.2. The summed E-state index contributed by atoms with van der Waals surface area (Å²) >= 11 is 1.92. The Labute approximate surface area is 135 Å². The highest BCUT2D eigenvalue weighted by Gasteiger charge is 2.26. The van der Waals surface area contributed by atoms with Crippen LogP contribution in [0.4, 0.5) is 0 Å². The summed E-state index contributed by atoms with van der Waals surface area (Å²) in [4.78, 5) is 26.5. The highest BCUT2D eigenvalue weighted by Crippen LogP contribution is 2.22. The number of likely N-dealkylation sites (tertiary alicyclic amines) is 1. The minimum Gasteiger partial charge on any atom is -0.472 e. The molecule has 6 heteroatoms. The molecule has 1 saturated heterocycles. The average Bonchev–Trinajstić information content (AvgIpc) is 2.94. The van der Waals surface area contributed by atoms with Crippen LogP contribution >= 0.6 is 11.8 Å². The van der Waals surface area contributed by atoms with Gasteiger partial charge in [-0.15, -0.1) is 0 Å². The summed E-state index contributed by atoms with van der Waals surface area (Å²) in [6, 6.07) is 1.07. The average molecular weight is 324 g/mol. The van der Waals surface area contributed by atoms with Gasteiger partial charge < -0.3 is 14.6 Å². The summed E-state index contributed by atoms with van der Waals surface area (Å²) < 4.78 is 4.89. The van der Waals surface area contributed by atoms with Gasteiger partial charge in [0.15, 0.2) is 0 Å². The first kappa shape index (κ1) is 16.9. The molecule has 0 aliphatic carbocycles. The van der Waals surface area contributed by atoms with Crippen LogP contribution in [0.2, 0.25) is 0 Å². The van der Waals surface area contributed by atoms with Crippen molar-refractivity contribution in [3.8, 4) is 0 Å². The van der Waals surface area contributed by atoms with E-state index in [1.54, 1.807) is 13.0 Å². The molecule has 2 atom stereocenters. The quantitative estimate of drug-likeness (QED) is 0.904. The lowest BCUT2D eigenvalue weighted by molar-refractivity contribution is -0.132. The molecule has 0 aromatic carbocycles. The molecule has 0 saturated carbocycles. The van der Waals surface area contributed by atoms with E-state index in [0.717, 1.165) is 38.1 Å². The first-order valence-corrected chi connectivity index (χ1v) is 8.90. The van der Waals surface area contributed by atoms with Crippen molar-refractivity contribution in [2.45, 2.75) is 44.4 Å². The van der Waals surface area contributed by atoms with Crippen LogP contribution < -0.4 is 5.32 Å². The Balaban J connectivity index is 1.92. The van der Waals surface area contributed by atoms with E-state index in [0.29, 0.717) is 10.8 Å². The second kappa shape index (κ2) is 8.27. The summed E-state index contributed by atoms with van der Waals surface area (Å²) in [6.07, 6.45) is 6.19. The molecule has 122 valence electrons. The molecule has 2 heterocycles. The number of carbonyl (C=O) groups excluding carboxylic acids is 2. The van der Waals surface area contributed by atoms with Gasteiger partial charge >= 0.3 is 0 Å². The van der Waals surface area contributed by atoms with Crippen LogP contribution in [-0.2, 0) is 4.79 Å². The lowest BCUT2D eigenvalue weighted by Crippen LogP contribution is -2.48. The standard InChI is InChI=1S/C16H24N2O3S/c1-3-22-14-6-4-5-8-18(10-14)16(20)12(2)17-15(19)13-7-9-21-11-13/h7,9,11-12,14H,3-6,8,10H2,1-2H3,(H,17,19)/t12-,14-/m1/s1. The SMILES string of the molecule is CCS[C@@H]1CCCCN(C(=O)[C@@H](C)NC(=O)c2ccoc2)C1. The van der Waals surface area contributed by atoms with Crippen molar-refractivity contribution in [3.63, 3.8) is 0 Å². The number of hydrogen-bond donors (Lipinski definition) is 1. The van der Waals surface area contributed by atoms with Crippen molar-refractivity contribution in [1.82, 2.24) is 10.2 Å². The second-order valence-electron chi connectivity index (χ2n) is 5.56. The van der Waals surface area contributed by atoms with Crippen molar-refractivity contribution in [2.24, 2.45) is 0 Å². The highest BCUT2D eigenvalue weighted by molar-refractivity contribution is 7.99. The molecular weight excluding hydrogens is 300 g/mol. The van der Waals surface area contributed by atoms with E-state index in [-0.39, 0.29) is 11.8 Å². The molecule has 5 nitrogen and oxygen atoms in total. The molecule has 2 rings (SSSR count). The number of hydrogen-bond acceptors (Lipinski definition) is 4. The smallest absolute Gasteiger partial charge is 0.255 e. The summed E-state index contributed by atoms with van der Waals surface area (Å²) in [5.41, 5.74) is 0.440. The predicted octanol–water partition coefficient (Wildman–Crippen LogP) is 2.53. The van der Waals surface area contributed by atoms with E-state index in [9.17, 15) is 9.59 Å². The van der Waals surface area contributed by atoms with Gasteiger partial charge in [0.05, 0.1) is 11.8 Å². The fourth-order valence-electron chi connectivity index (χ4n) is 2.68. The largest absolute Gasteiger partial charge is 0.472 e. The normalized spacial score (nSPS) is 20.3. The molecule has 2 amide bonds. The molecule has 0 spiro atoms. The minimum atomic E-state index is -0.521. The topological polar surface area (TPSA) is 62.6 Å². The number of nitrogens with zero attached hydrogens (tertiary/aromatic N) is 1. The molecule has 0 bridgehead atoms. The van der Waals surface area contributed by atoms with Gasteiger partial charge in [-0.2, -0.15) is 11.8 Å². The molecule has 0 unspecified atom stereocenters. The maximum Gasteiger partial charge on any atom is 0.255 e. The van der Waals surface area contributed by atoms with Crippen molar-refractivity contribution >= 4 is 23.6 Å². The van der Waals surface area contributed by atoms with Gasteiger partial charge in [-0.1, -0.05) is 13.3 Å². The van der Waals surface area contributed by atoms with Crippen LogP contribution in [0, 0.1) is 0 Å². The van der Waals surface area contributed by atoms with Crippen LogP contribution in [0.5, 0.6) is 0 Å². The predicted molar refractivity (Wildman–Crippen MR) is 88.0 cm³/mol. The lowest BCUT2D eigenvalue weighted by Gasteiger charge is -2.27. The van der Waals surface area contributed by atoms with Crippen molar-refractivity contribution in [1.29, 1.82) is 0 Å². The van der Waals surface area contributed by atoms with Crippen molar-refractivity contribution in [3.05, 3.63) is 24.2 Å². The summed E-state index contributed by atoms with van der Waals surface area (Å²) in [5.74, 6) is 0.795. The molecule has 1 aliphatic heterocycles. The number of nitrogens with one attached hydrogen (secondary N) is 1. The summed E-state index contributed by atoms with van der Waals surface area (Å²) in [6.45, 7) is 5.46. The maximum absolute atomic E-state index is 12.6. The molecular formula is C16H24N2O3S. The van der Waals surface area contributed by atoms with Gasteiger partial charge in [0.2, 0.25) is 5.91 Å². The van der Waals surface area contributed by atoms with Crippen LogP contribution in [0.25, 0.3) is 0 Å². The molecule has 1 aromatic heterocycles. The van der Waals surface area contributed by atoms with Gasteiger partial charge in [0, 0.05) is 18.3 Å². The molecule has 0 radical (unpaired) electrons. The van der Waals surface area contributed by atoms with Crippen molar-refractivity contribution < 1.29 is 14.0 Å². The van der Waals surface area contributed by atoms with Crippen LogP contribution in [0.1, 0.15) is 43.5 Å². The Hall–Kier alpha value is -1.43. The third-order valence-corrected chi connectivity index (χ3v) is 5.03. The van der Waals surface area contributed by atoms with Crippen LogP contribution in [0.15, 0.2) is 23.0 Å². The van der Waals surface area contributed by atoms with Crippen molar-refractivity contribution in [2.75, 3.05) is 18.8 Å². The fraction of sp³-hybridized carbons (Fsp3) is 0.625. The van der Waals surface area contributed by atoms with Gasteiger partial charge in [-0.3, -0.25) is 9.59 Å². The number of amides is 2. The summed E-state index contributed by atoms with van der Waals surface area (Å²) in [7, 11) is 0. The number of carbonyl (C=O) groups is 2. The van der Waals surface area contributed by atoms with E-state index >= 15 is 0 Å². The van der Waals surface area contributed by atoms with E-state index < -0.39 is 6.04 Å². The second-order valence-corrected chi connectivity index (χ2v) is 7.14. The fourth-order valence-corrected chi connectivity index (χ4v) is 3.77. The third-order valence-electron chi connectivity index (χ3n) is 3.84. The number of rotatable bonds is 5. The van der Waals surface area contributed by atoms with E-state index in [1.165, 1.54) is 12.5 Å². The molecule has 1 aromatic rings. The first-order chi connectivity index (χ1) is 10.6. The van der Waals surface area contributed by atoms with Crippen LogP contribution in [-0.4, -0.2) is 46.8 Å². The lowest BCUT2D eigenvalue weighted by atomic mass is 10.2. The Morgan fingerprint density at radius 1 is 1.50 bits per heavy atom. The van der Waals surface area contributed by atoms with Gasteiger partial charge in [0.1, 0.15) is 12.3 Å². The Morgan fingerprint density at radius 2 is 2.32 bits per heavy atom. The number of furan rings is 1. The molecule has 1 aliphatic rings. The molecule has 22 heavy (non-hydrogen) atoms. The maximum atomic E-state index is 12.6. The zero-order valence-electron chi connectivity index (χ0n) is 13.2. The Bertz CT molecular complexity index is 490. The molecule has 1 N–H and O–H groups in total. The Kier molecular flexibility index (Phi) is 6.36. The van der Waals surface area contributed by atoms with Gasteiger partial charge in [-0.05, 0) is 31.6 Å². The minimum absolute atomic E-state index is 0.000415. The van der Waals surface area contributed by atoms with E-state index in [1.807, 2.05) is 16.7 Å². The zero-order valence-corrected chi connectivity index (χ0v) is 14.0. The van der Waals surface area contributed by atoms with Gasteiger partial charge in [-0.25, -0.2) is 0 Å². The van der Waals surface area contributed by atoms with Crippen LogP contribution in [0.3, 0.4) is 0 Å². The van der Waals surface area contributed by atoms with E-state index in [4.69, 9.17) is 4.42 Å². The Morgan fingerprint density at radius 3 is 3.00 bits per heavy atom. The number of thioether (sulfide) groups is 1. The molecule has 1 fully saturated rings.